The summed E-state index contributed by atoms with van der Waals surface area (Å²) in [6, 6.07) is 23.1. The summed E-state index contributed by atoms with van der Waals surface area (Å²) in [6.45, 7) is 3.96. The summed E-state index contributed by atoms with van der Waals surface area (Å²) in [5, 5.41) is 2.84. The highest BCUT2D eigenvalue weighted by atomic mass is 16.5. The minimum absolute atomic E-state index is 0.0661. The molecule has 0 spiro atoms. The number of para-hydroxylation sites is 1. The van der Waals surface area contributed by atoms with Crippen molar-refractivity contribution >= 4 is 23.5 Å². The molecule has 4 nitrogen and oxygen atoms in total. The Morgan fingerprint density at radius 2 is 1.74 bits per heavy atom. The van der Waals surface area contributed by atoms with Gasteiger partial charge in [0.2, 0.25) is 0 Å². The average molecular weight is 358 g/mol. The maximum atomic E-state index is 12.1. The van der Waals surface area contributed by atoms with Crippen LogP contribution in [0.3, 0.4) is 0 Å². The Bertz CT molecular complexity index is 947. The van der Waals surface area contributed by atoms with Gasteiger partial charge in [0.25, 0.3) is 5.91 Å². The van der Waals surface area contributed by atoms with E-state index in [1.165, 1.54) is 5.56 Å². The summed E-state index contributed by atoms with van der Waals surface area (Å²) >= 11 is 0. The summed E-state index contributed by atoms with van der Waals surface area (Å²) in [6.07, 6.45) is 1.75. The van der Waals surface area contributed by atoms with E-state index in [1.54, 1.807) is 6.21 Å². The number of aryl methyl sites for hydroxylation is 2. The van der Waals surface area contributed by atoms with E-state index >= 15 is 0 Å². The van der Waals surface area contributed by atoms with Crippen LogP contribution in [0.15, 0.2) is 77.8 Å². The zero-order chi connectivity index (χ0) is 19.1. The van der Waals surface area contributed by atoms with Gasteiger partial charge in [-0.1, -0.05) is 42.0 Å². The highest BCUT2D eigenvalue weighted by Crippen LogP contribution is 2.18. The Hall–Kier alpha value is -3.40. The van der Waals surface area contributed by atoms with Gasteiger partial charge in [-0.15, -0.1) is 0 Å². The van der Waals surface area contributed by atoms with Crippen molar-refractivity contribution in [2.75, 3.05) is 11.9 Å². The second kappa shape index (κ2) is 8.81. The Morgan fingerprint density at radius 1 is 0.963 bits per heavy atom. The lowest BCUT2D eigenvalue weighted by molar-refractivity contribution is -0.118. The van der Waals surface area contributed by atoms with Gasteiger partial charge in [-0.05, 0) is 55.8 Å². The van der Waals surface area contributed by atoms with E-state index < -0.39 is 0 Å². The lowest BCUT2D eigenvalue weighted by Gasteiger charge is -2.10. The Labute approximate surface area is 159 Å². The molecule has 0 unspecified atom stereocenters. The molecule has 4 heteroatoms. The van der Waals surface area contributed by atoms with E-state index in [2.05, 4.69) is 10.3 Å². The zero-order valence-corrected chi connectivity index (χ0v) is 15.5. The van der Waals surface area contributed by atoms with E-state index in [0.717, 1.165) is 22.5 Å². The molecule has 136 valence electrons. The molecular formula is C23H22N2O2. The zero-order valence-electron chi connectivity index (χ0n) is 15.5. The summed E-state index contributed by atoms with van der Waals surface area (Å²) < 4.78 is 5.71. The average Bonchev–Trinajstić information content (AvgIpc) is 2.66. The summed E-state index contributed by atoms with van der Waals surface area (Å²) in [5.41, 5.74) is 4.73. The second-order valence-corrected chi connectivity index (χ2v) is 6.34. The van der Waals surface area contributed by atoms with Crippen LogP contribution < -0.4 is 10.1 Å². The molecule has 1 N–H and O–H groups in total. The molecule has 0 aliphatic heterocycles. The van der Waals surface area contributed by atoms with Gasteiger partial charge in [0.05, 0.1) is 5.69 Å². The predicted octanol–water partition coefficient (Wildman–Crippen LogP) is 5.07. The molecule has 3 rings (SSSR count). The maximum absolute atomic E-state index is 12.1. The molecule has 0 saturated carbocycles. The molecule has 0 aliphatic rings. The first kappa shape index (κ1) is 18.4. The Kier molecular flexibility index (Phi) is 6.00. The van der Waals surface area contributed by atoms with Gasteiger partial charge >= 0.3 is 0 Å². The largest absolute Gasteiger partial charge is 0.483 e. The molecule has 3 aromatic rings. The van der Waals surface area contributed by atoms with Crippen LogP contribution in [-0.2, 0) is 4.79 Å². The quantitative estimate of drug-likeness (QED) is 0.625. The van der Waals surface area contributed by atoms with Gasteiger partial charge in [0.15, 0.2) is 6.61 Å². The van der Waals surface area contributed by atoms with Gasteiger partial charge in [0.1, 0.15) is 5.75 Å². The van der Waals surface area contributed by atoms with Crippen molar-refractivity contribution in [3.8, 4) is 5.75 Å². The number of nitrogens with zero attached hydrogens (tertiary/aromatic N) is 1. The topological polar surface area (TPSA) is 50.7 Å². The third kappa shape index (κ3) is 5.54. The van der Waals surface area contributed by atoms with E-state index in [1.807, 2.05) is 86.6 Å². The fourth-order valence-electron chi connectivity index (χ4n) is 2.56. The molecule has 27 heavy (non-hydrogen) atoms. The third-order valence-corrected chi connectivity index (χ3v) is 3.97. The first-order chi connectivity index (χ1) is 13.1. The number of anilines is 1. The summed E-state index contributed by atoms with van der Waals surface area (Å²) in [5.74, 6) is 0.415. The lowest BCUT2D eigenvalue weighted by Crippen LogP contribution is -2.20. The van der Waals surface area contributed by atoms with Crippen molar-refractivity contribution in [3.05, 3.63) is 89.5 Å². The van der Waals surface area contributed by atoms with Crippen LogP contribution in [0.25, 0.3) is 0 Å². The second-order valence-electron chi connectivity index (χ2n) is 6.34. The maximum Gasteiger partial charge on any atom is 0.262 e. The summed E-state index contributed by atoms with van der Waals surface area (Å²) in [4.78, 5) is 16.6. The molecule has 0 heterocycles. The number of carbonyl (C=O) groups excluding carboxylic acids is 1. The van der Waals surface area contributed by atoms with Gasteiger partial charge in [0, 0.05) is 17.5 Å². The van der Waals surface area contributed by atoms with Crippen molar-refractivity contribution < 1.29 is 9.53 Å². The summed E-state index contributed by atoms with van der Waals surface area (Å²) in [7, 11) is 0. The number of carbonyl (C=O) groups is 1. The predicted molar refractivity (Wildman–Crippen MR) is 110 cm³/mol. The smallest absolute Gasteiger partial charge is 0.262 e. The van der Waals surface area contributed by atoms with Crippen molar-refractivity contribution in [3.63, 3.8) is 0 Å². The van der Waals surface area contributed by atoms with Crippen LogP contribution in [0.2, 0.25) is 0 Å². The molecule has 0 fully saturated rings. The minimum Gasteiger partial charge on any atom is -0.483 e. The van der Waals surface area contributed by atoms with Crippen LogP contribution in [-0.4, -0.2) is 18.7 Å². The monoisotopic (exact) mass is 358 g/mol. The van der Waals surface area contributed by atoms with E-state index in [9.17, 15) is 4.79 Å². The Balaban J connectivity index is 1.63. The molecule has 0 atom stereocenters. The fraction of sp³-hybridized carbons (Fsp3) is 0.130. The molecular weight excluding hydrogens is 336 g/mol. The standard InChI is InChI=1S/C23H22N2O2/c1-17-10-12-20(13-11-17)24-15-19-7-3-4-9-22(19)27-16-23(26)25-21-8-5-6-18(2)14-21/h3-15H,16H2,1-2H3,(H,25,26). The normalized spacial score (nSPS) is 10.7. The van der Waals surface area contributed by atoms with E-state index in [-0.39, 0.29) is 12.5 Å². The highest BCUT2D eigenvalue weighted by molar-refractivity contribution is 5.92. The molecule has 1 amide bonds. The number of amides is 1. The first-order valence-electron chi connectivity index (χ1n) is 8.79. The van der Waals surface area contributed by atoms with Gasteiger partial charge in [-0.2, -0.15) is 0 Å². The van der Waals surface area contributed by atoms with Crippen molar-refractivity contribution in [1.29, 1.82) is 0 Å². The van der Waals surface area contributed by atoms with Crippen molar-refractivity contribution in [2.45, 2.75) is 13.8 Å². The number of hydrogen-bond donors (Lipinski definition) is 1. The first-order valence-corrected chi connectivity index (χ1v) is 8.79. The van der Waals surface area contributed by atoms with Gasteiger partial charge in [-0.3, -0.25) is 9.79 Å². The van der Waals surface area contributed by atoms with Crippen LogP contribution in [0, 0.1) is 13.8 Å². The lowest BCUT2D eigenvalue weighted by atomic mass is 10.2. The molecule has 3 aromatic carbocycles. The van der Waals surface area contributed by atoms with Crippen LogP contribution in [0.5, 0.6) is 5.75 Å². The molecule has 0 aromatic heterocycles. The number of nitrogens with one attached hydrogen (secondary N) is 1. The van der Waals surface area contributed by atoms with E-state index in [0.29, 0.717) is 5.75 Å². The number of hydrogen-bond acceptors (Lipinski definition) is 3. The third-order valence-electron chi connectivity index (χ3n) is 3.97. The fourth-order valence-corrected chi connectivity index (χ4v) is 2.56. The van der Waals surface area contributed by atoms with Crippen LogP contribution in [0.4, 0.5) is 11.4 Å². The van der Waals surface area contributed by atoms with E-state index in [4.69, 9.17) is 4.74 Å². The van der Waals surface area contributed by atoms with Gasteiger partial charge < -0.3 is 10.1 Å². The van der Waals surface area contributed by atoms with Crippen molar-refractivity contribution in [1.82, 2.24) is 0 Å². The molecule has 0 aliphatic carbocycles. The SMILES string of the molecule is Cc1ccc(N=Cc2ccccc2OCC(=O)Nc2cccc(C)c2)cc1. The number of benzene rings is 3. The highest BCUT2D eigenvalue weighted by Gasteiger charge is 2.06. The molecule has 0 saturated heterocycles. The molecule has 0 radical (unpaired) electrons. The molecule has 0 bridgehead atoms. The van der Waals surface area contributed by atoms with Crippen LogP contribution in [0.1, 0.15) is 16.7 Å². The van der Waals surface area contributed by atoms with Crippen LogP contribution >= 0.6 is 0 Å². The number of aliphatic imine (C=N–C) groups is 1. The Morgan fingerprint density at radius 3 is 2.52 bits per heavy atom. The number of rotatable bonds is 6. The number of ether oxygens (including phenoxy) is 1. The van der Waals surface area contributed by atoms with Crippen molar-refractivity contribution in [2.24, 2.45) is 4.99 Å². The minimum atomic E-state index is -0.203. The van der Waals surface area contributed by atoms with Gasteiger partial charge in [-0.25, -0.2) is 0 Å².